The molecule has 2 radical (unpaired) electrons. The Morgan fingerprint density at radius 2 is 1.86 bits per heavy atom. The minimum atomic E-state index is -4.83. The van der Waals surface area contributed by atoms with Gasteiger partial charge in [0.25, 0.3) is 0 Å². The maximum absolute atomic E-state index is 11.8. The number of alkyl halides is 3. The van der Waals surface area contributed by atoms with Crippen LogP contribution in [0.5, 0.6) is 5.75 Å². The van der Waals surface area contributed by atoms with Gasteiger partial charge in [-0.3, -0.25) is 4.79 Å². The topological polar surface area (TPSA) is 26.3 Å². The van der Waals surface area contributed by atoms with Gasteiger partial charge in [-0.1, -0.05) is 12.1 Å². The molecule has 0 spiro atoms. The highest BCUT2D eigenvalue weighted by molar-refractivity contribution is 6.01. The molecule has 0 heterocycles. The zero-order valence-electron chi connectivity index (χ0n) is 6.84. The quantitative estimate of drug-likeness (QED) is 0.688. The molecule has 0 aliphatic carbocycles. The molecule has 0 fully saturated rings. The lowest BCUT2D eigenvalue weighted by Gasteiger charge is -2.10. The van der Waals surface area contributed by atoms with Crippen molar-refractivity contribution in [2.24, 2.45) is 0 Å². The Labute approximate surface area is 78.3 Å². The molecule has 0 bridgehead atoms. The van der Waals surface area contributed by atoms with E-state index in [2.05, 4.69) is 4.74 Å². The molecule has 0 unspecified atom stereocenters. The van der Waals surface area contributed by atoms with Crippen LogP contribution in [0, 0.1) is 6.92 Å². The van der Waals surface area contributed by atoms with Crippen molar-refractivity contribution in [2.75, 3.05) is 0 Å². The Bertz CT molecular complexity index is 344. The molecule has 2 nitrogen and oxygen atoms in total. The number of benzene rings is 1. The summed E-state index contributed by atoms with van der Waals surface area (Å²) in [6.07, 6.45) is -4.83. The van der Waals surface area contributed by atoms with E-state index in [4.69, 9.17) is 6.92 Å². The first kappa shape index (κ1) is 10.6. The van der Waals surface area contributed by atoms with Crippen molar-refractivity contribution >= 4 is 5.78 Å². The summed E-state index contributed by atoms with van der Waals surface area (Å²) >= 11 is 0. The predicted molar refractivity (Wildman–Crippen MR) is 41.8 cm³/mol. The van der Waals surface area contributed by atoms with Crippen molar-refractivity contribution in [1.29, 1.82) is 0 Å². The molecule has 0 aromatic heterocycles. The molecule has 1 aromatic rings. The SMILES string of the molecule is [CH]C(=O)c1ccccc1OC(F)(F)F. The van der Waals surface area contributed by atoms with Crippen LogP contribution >= 0.6 is 0 Å². The molecule has 0 saturated carbocycles. The van der Waals surface area contributed by atoms with Crippen LogP contribution in [0.3, 0.4) is 0 Å². The Morgan fingerprint density at radius 1 is 1.29 bits per heavy atom. The molecule has 14 heavy (non-hydrogen) atoms. The van der Waals surface area contributed by atoms with E-state index in [0.717, 1.165) is 12.1 Å². The van der Waals surface area contributed by atoms with Crippen LogP contribution in [0.15, 0.2) is 24.3 Å². The van der Waals surface area contributed by atoms with Gasteiger partial charge >= 0.3 is 6.36 Å². The first-order chi connectivity index (χ1) is 6.40. The zero-order chi connectivity index (χ0) is 10.8. The molecule has 0 saturated heterocycles. The molecule has 0 atom stereocenters. The van der Waals surface area contributed by atoms with E-state index in [0.29, 0.717) is 0 Å². The first-order valence-electron chi connectivity index (χ1n) is 3.55. The number of rotatable bonds is 2. The lowest BCUT2D eigenvalue weighted by molar-refractivity contribution is -0.274. The second-order valence-corrected chi connectivity index (χ2v) is 2.41. The van der Waals surface area contributed by atoms with Gasteiger partial charge in [-0.2, -0.15) is 0 Å². The van der Waals surface area contributed by atoms with Crippen molar-refractivity contribution in [1.82, 2.24) is 0 Å². The summed E-state index contributed by atoms with van der Waals surface area (Å²) in [4.78, 5) is 10.7. The molecule has 0 N–H and O–H groups in total. The van der Waals surface area contributed by atoms with Crippen LogP contribution in [-0.4, -0.2) is 12.1 Å². The summed E-state index contributed by atoms with van der Waals surface area (Å²) in [5.41, 5.74) is -0.301. The van der Waals surface area contributed by atoms with Crippen LogP contribution in [0.2, 0.25) is 0 Å². The van der Waals surface area contributed by atoms with Gasteiger partial charge in [0, 0.05) is 6.92 Å². The number of ketones is 1. The van der Waals surface area contributed by atoms with Gasteiger partial charge in [-0.05, 0) is 12.1 Å². The van der Waals surface area contributed by atoms with Crippen LogP contribution < -0.4 is 4.74 Å². The number of Topliss-reactive ketones (excluding diaryl/α,β-unsaturated/α-hetero) is 1. The number of hydrogen-bond donors (Lipinski definition) is 0. The molecule has 1 rings (SSSR count). The van der Waals surface area contributed by atoms with Crippen molar-refractivity contribution in [2.45, 2.75) is 6.36 Å². The Balaban J connectivity index is 3.02. The number of carbonyl (C=O) groups excluding carboxylic acids is 1. The molecular formula is C9H5F3O2. The second kappa shape index (κ2) is 3.69. The zero-order valence-corrected chi connectivity index (χ0v) is 6.84. The van der Waals surface area contributed by atoms with Gasteiger partial charge in [-0.25, -0.2) is 0 Å². The van der Waals surface area contributed by atoms with Crippen LogP contribution in [0.1, 0.15) is 10.4 Å². The van der Waals surface area contributed by atoms with Gasteiger partial charge in [0.15, 0.2) is 5.78 Å². The van der Waals surface area contributed by atoms with Gasteiger partial charge in [0.2, 0.25) is 0 Å². The Kier molecular flexibility index (Phi) is 2.78. The van der Waals surface area contributed by atoms with Crippen LogP contribution in [0.4, 0.5) is 13.2 Å². The van der Waals surface area contributed by atoms with E-state index in [1.54, 1.807) is 0 Å². The molecule has 5 heteroatoms. The minimum absolute atomic E-state index is 0.301. The van der Waals surface area contributed by atoms with Gasteiger partial charge in [0.05, 0.1) is 5.56 Å². The lowest BCUT2D eigenvalue weighted by atomic mass is 10.1. The predicted octanol–water partition coefficient (Wildman–Crippen LogP) is 2.48. The first-order valence-corrected chi connectivity index (χ1v) is 3.55. The Morgan fingerprint density at radius 3 is 2.36 bits per heavy atom. The maximum Gasteiger partial charge on any atom is 0.573 e. The molecule has 0 aliphatic heterocycles. The van der Waals surface area contributed by atoms with E-state index in [1.165, 1.54) is 12.1 Å². The van der Waals surface area contributed by atoms with Gasteiger partial charge in [0.1, 0.15) is 5.75 Å². The number of para-hydroxylation sites is 1. The summed E-state index contributed by atoms with van der Waals surface area (Å²) in [6.45, 7) is 4.85. The van der Waals surface area contributed by atoms with Crippen molar-refractivity contribution < 1.29 is 22.7 Å². The average molecular weight is 202 g/mol. The normalized spacial score (nSPS) is 11.1. The molecule has 0 aliphatic rings. The van der Waals surface area contributed by atoms with Crippen molar-refractivity contribution in [3.05, 3.63) is 36.8 Å². The molecule has 0 amide bonds. The highest BCUT2D eigenvalue weighted by Crippen LogP contribution is 2.26. The third kappa shape index (κ3) is 2.76. The van der Waals surface area contributed by atoms with Gasteiger partial charge < -0.3 is 4.74 Å². The standard InChI is InChI=1S/C9H5F3O2/c1-6(13)7-4-2-3-5-8(7)14-9(10,11)12/h1-5H. The monoisotopic (exact) mass is 202 g/mol. The number of hydrogen-bond acceptors (Lipinski definition) is 2. The van der Waals surface area contributed by atoms with Crippen LogP contribution in [0.25, 0.3) is 0 Å². The number of carbonyl (C=O) groups is 1. The van der Waals surface area contributed by atoms with E-state index in [9.17, 15) is 18.0 Å². The van der Waals surface area contributed by atoms with Crippen molar-refractivity contribution in [3.8, 4) is 5.75 Å². The molecular weight excluding hydrogens is 197 g/mol. The minimum Gasteiger partial charge on any atom is -0.405 e. The van der Waals surface area contributed by atoms with Gasteiger partial charge in [-0.15, -0.1) is 13.2 Å². The van der Waals surface area contributed by atoms with E-state index in [1.807, 2.05) is 0 Å². The third-order valence-corrected chi connectivity index (χ3v) is 1.38. The molecule has 1 aromatic carbocycles. The third-order valence-electron chi connectivity index (χ3n) is 1.38. The fourth-order valence-electron chi connectivity index (χ4n) is 0.884. The fraction of sp³-hybridized carbons (Fsp3) is 0.111. The lowest BCUT2D eigenvalue weighted by Crippen LogP contribution is -2.18. The summed E-state index contributed by atoms with van der Waals surface area (Å²) in [7, 11) is 0. The second-order valence-electron chi connectivity index (χ2n) is 2.41. The summed E-state index contributed by atoms with van der Waals surface area (Å²) in [6, 6.07) is 4.88. The number of ether oxygens (including phenoxy) is 1. The van der Waals surface area contributed by atoms with Crippen molar-refractivity contribution in [3.63, 3.8) is 0 Å². The van der Waals surface area contributed by atoms with E-state index in [-0.39, 0.29) is 5.56 Å². The van der Waals surface area contributed by atoms with E-state index >= 15 is 0 Å². The maximum atomic E-state index is 11.8. The summed E-state index contributed by atoms with van der Waals surface area (Å²) in [5.74, 6) is -1.56. The highest BCUT2D eigenvalue weighted by Gasteiger charge is 2.32. The Hall–Kier alpha value is -1.52. The molecule has 74 valence electrons. The van der Waals surface area contributed by atoms with Crippen LogP contribution in [-0.2, 0) is 0 Å². The fourth-order valence-corrected chi connectivity index (χ4v) is 0.884. The number of halogens is 3. The summed E-state index contributed by atoms with van der Waals surface area (Å²) < 4.78 is 39.0. The van der Waals surface area contributed by atoms with E-state index < -0.39 is 17.9 Å². The highest BCUT2D eigenvalue weighted by atomic mass is 19.4. The largest absolute Gasteiger partial charge is 0.573 e. The summed E-state index contributed by atoms with van der Waals surface area (Å²) in [5, 5.41) is 0. The smallest absolute Gasteiger partial charge is 0.405 e. The average Bonchev–Trinajstić information content (AvgIpc) is 2.01.